The van der Waals surface area contributed by atoms with Crippen molar-refractivity contribution < 1.29 is 9.53 Å². The standard InChI is InChI=1S/C15H15NO2/c1-18-14(17)9-10-5-4-8-13-15(10)11-6-2-3-7-12(11)16-13/h2-3,6-7,9,16H,4-5,8H2,1H3/b10-9+. The summed E-state index contributed by atoms with van der Waals surface area (Å²) in [7, 11) is 1.42. The van der Waals surface area contributed by atoms with Crippen LogP contribution in [0.5, 0.6) is 0 Å². The highest BCUT2D eigenvalue weighted by atomic mass is 16.5. The number of ether oxygens (including phenoxy) is 1. The van der Waals surface area contributed by atoms with E-state index in [2.05, 4.69) is 17.1 Å². The Hall–Kier alpha value is -2.03. The normalized spacial score (nSPS) is 16.8. The van der Waals surface area contributed by atoms with E-state index in [4.69, 9.17) is 4.74 Å². The molecule has 0 atom stereocenters. The fourth-order valence-electron chi connectivity index (χ4n) is 2.68. The van der Waals surface area contributed by atoms with E-state index >= 15 is 0 Å². The van der Waals surface area contributed by atoms with E-state index in [0.29, 0.717) is 0 Å². The van der Waals surface area contributed by atoms with Crippen LogP contribution in [0.2, 0.25) is 0 Å². The third kappa shape index (κ3) is 1.72. The van der Waals surface area contributed by atoms with Crippen molar-refractivity contribution in [3.8, 4) is 0 Å². The largest absolute Gasteiger partial charge is 0.466 e. The zero-order valence-electron chi connectivity index (χ0n) is 10.3. The Bertz CT molecular complexity index is 637. The molecule has 0 fully saturated rings. The number of aromatic nitrogens is 1. The number of H-pyrrole nitrogens is 1. The number of carbonyl (C=O) groups excluding carboxylic acids is 1. The van der Waals surface area contributed by atoms with Crippen LogP contribution in [0.25, 0.3) is 16.5 Å². The highest BCUT2D eigenvalue weighted by Crippen LogP contribution is 2.36. The molecule has 3 nitrogen and oxygen atoms in total. The molecule has 0 radical (unpaired) electrons. The van der Waals surface area contributed by atoms with Gasteiger partial charge in [-0.05, 0) is 30.9 Å². The fourth-order valence-corrected chi connectivity index (χ4v) is 2.68. The molecule has 0 bridgehead atoms. The van der Waals surface area contributed by atoms with Gasteiger partial charge in [0.1, 0.15) is 0 Å². The smallest absolute Gasteiger partial charge is 0.330 e. The predicted molar refractivity (Wildman–Crippen MR) is 71.2 cm³/mol. The Balaban J connectivity index is 2.20. The number of hydrogen-bond donors (Lipinski definition) is 1. The molecule has 18 heavy (non-hydrogen) atoms. The van der Waals surface area contributed by atoms with Crippen molar-refractivity contribution in [1.29, 1.82) is 0 Å². The number of aromatic amines is 1. The lowest BCUT2D eigenvalue weighted by Gasteiger charge is -2.15. The number of para-hydroxylation sites is 1. The Morgan fingerprint density at radius 2 is 2.17 bits per heavy atom. The van der Waals surface area contributed by atoms with Crippen LogP contribution in [-0.4, -0.2) is 18.1 Å². The fraction of sp³-hybridized carbons (Fsp3) is 0.267. The Morgan fingerprint density at radius 1 is 1.33 bits per heavy atom. The topological polar surface area (TPSA) is 42.1 Å². The first-order valence-corrected chi connectivity index (χ1v) is 6.18. The summed E-state index contributed by atoms with van der Waals surface area (Å²) < 4.78 is 4.73. The van der Waals surface area contributed by atoms with Crippen molar-refractivity contribution in [2.24, 2.45) is 0 Å². The van der Waals surface area contributed by atoms with Crippen molar-refractivity contribution in [2.75, 3.05) is 7.11 Å². The summed E-state index contributed by atoms with van der Waals surface area (Å²) in [6.45, 7) is 0. The van der Waals surface area contributed by atoms with E-state index in [1.807, 2.05) is 12.1 Å². The summed E-state index contributed by atoms with van der Waals surface area (Å²) in [6, 6.07) is 8.22. The molecular weight excluding hydrogens is 226 g/mol. The number of carbonyl (C=O) groups is 1. The summed E-state index contributed by atoms with van der Waals surface area (Å²) in [5.41, 5.74) is 4.65. The molecule has 0 aliphatic heterocycles. The van der Waals surface area contributed by atoms with Crippen molar-refractivity contribution in [2.45, 2.75) is 19.3 Å². The van der Waals surface area contributed by atoms with Gasteiger partial charge in [0.15, 0.2) is 0 Å². The van der Waals surface area contributed by atoms with Gasteiger partial charge in [-0.1, -0.05) is 18.2 Å². The maximum atomic E-state index is 11.4. The molecular formula is C15H15NO2. The van der Waals surface area contributed by atoms with E-state index in [9.17, 15) is 4.79 Å². The third-order valence-corrected chi connectivity index (χ3v) is 3.47. The monoisotopic (exact) mass is 241 g/mol. The molecule has 1 N–H and O–H groups in total. The van der Waals surface area contributed by atoms with E-state index < -0.39 is 0 Å². The van der Waals surface area contributed by atoms with Gasteiger partial charge >= 0.3 is 5.97 Å². The highest BCUT2D eigenvalue weighted by Gasteiger charge is 2.20. The average molecular weight is 241 g/mol. The van der Waals surface area contributed by atoms with Gasteiger partial charge in [-0.2, -0.15) is 0 Å². The van der Waals surface area contributed by atoms with Crippen LogP contribution >= 0.6 is 0 Å². The minimum atomic E-state index is -0.275. The van der Waals surface area contributed by atoms with Crippen molar-refractivity contribution in [3.63, 3.8) is 0 Å². The Morgan fingerprint density at radius 3 is 3.00 bits per heavy atom. The van der Waals surface area contributed by atoms with Gasteiger partial charge in [0, 0.05) is 28.2 Å². The van der Waals surface area contributed by atoms with Crippen LogP contribution in [0, 0.1) is 0 Å². The predicted octanol–water partition coefficient (Wildman–Crippen LogP) is 3.06. The van der Waals surface area contributed by atoms with Gasteiger partial charge in [-0.15, -0.1) is 0 Å². The van der Waals surface area contributed by atoms with Crippen LogP contribution in [0.15, 0.2) is 30.3 Å². The number of nitrogens with one attached hydrogen (secondary N) is 1. The quantitative estimate of drug-likeness (QED) is 0.616. The van der Waals surface area contributed by atoms with Crippen LogP contribution < -0.4 is 0 Å². The lowest BCUT2D eigenvalue weighted by atomic mass is 9.90. The first-order valence-electron chi connectivity index (χ1n) is 6.18. The molecule has 0 saturated heterocycles. The first kappa shape index (κ1) is 11.1. The second-order valence-electron chi connectivity index (χ2n) is 4.57. The van der Waals surface area contributed by atoms with Crippen LogP contribution in [0.4, 0.5) is 0 Å². The number of methoxy groups -OCH3 is 1. The van der Waals surface area contributed by atoms with Crippen LogP contribution in [-0.2, 0) is 16.0 Å². The molecule has 1 aromatic carbocycles. The van der Waals surface area contributed by atoms with E-state index in [-0.39, 0.29) is 5.97 Å². The van der Waals surface area contributed by atoms with Gasteiger partial charge in [0.05, 0.1) is 7.11 Å². The maximum absolute atomic E-state index is 11.4. The summed E-state index contributed by atoms with van der Waals surface area (Å²) in [4.78, 5) is 14.9. The number of fused-ring (bicyclic) bond motifs is 3. The summed E-state index contributed by atoms with van der Waals surface area (Å²) >= 11 is 0. The van der Waals surface area contributed by atoms with Crippen molar-refractivity contribution in [1.82, 2.24) is 4.98 Å². The van der Waals surface area contributed by atoms with Gasteiger partial charge in [0.2, 0.25) is 0 Å². The minimum absolute atomic E-state index is 0.275. The average Bonchev–Trinajstić information content (AvgIpc) is 2.78. The number of aryl methyl sites for hydroxylation is 1. The molecule has 3 heteroatoms. The molecule has 3 rings (SSSR count). The molecule has 1 aliphatic carbocycles. The molecule has 1 aliphatic rings. The van der Waals surface area contributed by atoms with Crippen molar-refractivity contribution >= 4 is 22.4 Å². The SMILES string of the molecule is COC(=O)/C=C1\CCCc2[nH]c3ccccc3c21. The third-order valence-electron chi connectivity index (χ3n) is 3.47. The first-order chi connectivity index (χ1) is 8.79. The zero-order chi connectivity index (χ0) is 12.5. The lowest BCUT2D eigenvalue weighted by molar-refractivity contribution is -0.134. The molecule has 0 saturated carbocycles. The molecule has 0 spiro atoms. The van der Waals surface area contributed by atoms with Crippen LogP contribution in [0.1, 0.15) is 24.1 Å². The molecule has 0 amide bonds. The highest BCUT2D eigenvalue weighted by molar-refractivity contribution is 6.00. The molecule has 1 heterocycles. The number of hydrogen-bond acceptors (Lipinski definition) is 2. The number of allylic oxidation sites excluding steroid dienone is 1. The zero-order valence-corrected chi connectivity index (χ0v) is 10.3. The minimum Gasteiger partial charge on any atom is -0.466 e. The molecule has 2 aromatic rings. The number of esters is 1. The molecule has 1 aromatic heterocycles. The van der Waals surface area contributed by atoms with Gasteiger partial charge in [0.25, 0.3) is 0 Å². The summed E-state index contributed by atoms with van der Waals surface area (Å²) in [5, 5.41) is 1.20. The van der Waals surface area contributed by atoms with E-state index in [1.54, 1.807) is 6.08 Å². The molecule has 0 unspecified atom stereocenters. The van der Waals surface area contributed by atoms with Gasteiger partial charge in [-0.25, -0.2) is 4.79 Å². The number of rotatable bonds is 1. The van der Waals surface area contributed by atoms with E-state index in [0.717, 1.165) is 30.4 Å². The molecule has 92 valence electrons. The Labute approximate surface area is 105 Å². The van der Waals surface area contributed by atoms with E-state index in [1.165, 1.54) is 23.8 Å². The summed E-state index contributed by atoms with van der Waals surface area (Å²) in [6.07, 6.45) is 4.67. The maximum Gasteiger partial charge on any atom is 0.330 e. The van der Waals surface area contributed by atoms with Gasteiger partial charge < -0.3 is 9.72 Å². The second-order valence-corrected chi connectivity index (χ2v) is 4.57. The van der Waals surface area contributed by atoms with Crippen LogP contribution in [0.3, 0.4) is 0 Å². The number of benzene rings is 1. The lowest BCUT2D eigenvalue weighted by Crippen LogP contribution is -2.03. The second kappa shape index (κ2) is 4.33. The Kier molecular flexibility index (Phi) is 2.67. The van der Waals surface area contributed by atoms with Gasteiger partial charge in [-0.3, -0.25) is 0 Å². The summed E-state index contributed by atoms with van der Waals surface area (Å²) in [5.74, 6) is -0.275. The van der Waals surface area contributed by atoms with Crippen molar-refractivity contribution in [3.05, 3.63) is 41.6 Å².